The lowest BCUT2D eigenvalue weighted by atomic mass is 10.2. The molecule has 0 atom stereocenters. The third-order valence-corrected chi connectivity index (χ3v) is 5.47. The zero-order valence-electron chi connectivity index (χ0n) is 17.6. The first kappa shape index (κ1) is 22.6. The fourth-order valence-corrected chi connectivity index (χ4v) is 4.04. The molecule has 1 saturated heterocycles. The van der Waals surface area contributed by atoms with E-state index < -0.39 is 22.0 Å². The minimum absolute atomic E-state index is 0.226. The Kier molecular flexibility index (Phi) is 5.95. The van der Waals surface area contributed by atoms with Crippen LogP contribution in [0.3, 0.4) is 0 Å². The van der Waals surface area contributed by atoms with Crippen molar-refractivity contribution in [3.8, 4) is 5.95 Å². The van der Waals surface area contributed by atoms with Gasteiger partial charge in [0.1, 0.15) is 6.61 Å². The summed E-state index contributed by atoms with van der Waals surface area (Å²) in [7, 11) is -3.50. The normalized spacial score (nSPS) is 13.7. The molecule has 1 aliphatic rings. The first-order chi connectivity index (χ1) is 15.6. The van der Waals surface area contributed by atoms with Crippen LogP contribution in [0.25, 0.3) is 5.95 Å². The van der Waals surface area contributed by atoms with Crippen molar-refractivity contribution in [3.63, 3.8) is 0 Å². The van der Waals surface area contributed by atoms with E-state index >= 15 is 0 Å². The second-order valence-electron chi connectivity index (χ2n) is 7.30. The molecule has 11 nitrogen and oxygen atoms in total. The van der Waals surface area contributed by atoms with E-state index in [1.54, 1.807) is 23.8 Å². The van der Waals surface area contributed by atoms with Crippen molar-refractivity contribution in [2.75, 3.05) is 34.3 Å². The molecule has 0 bridgehead atoms. The molecule has 2 N–H and O–H groups in total. The van der Waals surface area contributed by atoms with Gasteiger partial charge in [-0.25, -0.2) is 23.2 Å². The lowest BCUT2D eigenvalue weighted by Gasteiger charge is -2.12. The largest absolute Gasteiger partial charge is 0.447 e. The van der Waals surface area contributed by atoms with Gasteiger partial charge in [0.15, 0.2) is 0 Å². The highest BCUT2D eigenvalue weighted by atomic mass is 35.5. The number of cyclic esters (lactones) is 1. The van der Waals surface area contributed by atoms with Gasteiger partial charge in [-0.05, 0) is 31.2 Å². The second kappa shape index (κ2) is 8.71. The molecule has 0 saturated carbocycles. The number of amides is 2. The highest BCUT2D eigenvalue weighted by molar-refractivity contribution is 7.92. The van der Waals surface area contributed by atoms with Crippen LogP contribution in [-0.2, 0) is 14.8 Å². The molecule has 4 rings (SSSR count). The molecule has 13 heteroatoms. The SMILES string of the molecule is Cc1cc(C(=O)Nc2cc(Cl)cc(NS(C)(=O)=O)c2)cn1-c1ncc(N2CCOC2=O)cn1. The molecule has 0 radical (unpaired) electrons. The maximum Gasteiger partial charge on any atom is 0.414 e. The van der Waals surface area contributed by atoms with E-state index in [4.69, 9.17) is 16.3 Å². The van der Waals surface area contributed by atoms with E-state index in [0.29, 0.717) is 41.7 Å². The van der Waals surface area contributed by atoms with E-state index in [2.05, 4.69) is 20.0 Å². The number of aromatic nitrogens is 3. The van der Waals surface area contributed by atoms with Crippen LogP contribution in [0, 0.1) is 6.92 Å². The number of ether oxygens (including phenoxy) is 1. The van der Waals surface area contributed by atoms with Crippen molar-refractivity contribution >= 4 is 50.7 Å². The first-order valence-electron chi connectivity index (χ1n) is 9.64. The van der Waals surface area contributed by atoms with Crippen LogP contribution < -0.4 is 14.9 Å². The van der Waals surface area contributed by atoms with Crippen LogP contribution in [0.2, 0.25) is 5.02 Å². The number of carbonyl (C=O) groups is 2. The molecule has 0 unspecified atom stereocenters. The smallest absolute Gasteiger partial charge is 0.414 e. The van der Waals surface area contributed by atoms with Gasteiger partial charge in [0.2, 0.25) is 16.0 Å². The Bertz CT molecular complexity index is 1340. The van der Waals surface area contributed by atoms with Crippen LogP contribution in [0.15, 0.2) is 42.9 Å². The molecule has 1 aliphatic heterocycles. The van der Waals surface area contributed by atoms with Gasteiger partial charge in [0.25, 0.3) is 5.91 Å². The van der Waals surface area contributed by atoms with Gasteiger partial charge in [-0.2, -0.15) is 0 Å². The van der Waals surface area contributed by atoms with E-state index in [1.165, 1.54) is 35.5 Å². The zero-order valence-corrected chi connectivity index (χ0v) is 19.1. The Morgan fingerprint density at radius 2 is 1.85 bits per heavy atom. The van der Waals surface area contributed by atoms with Crippen LogP contribution in [0.1, 0.15) is 16.1 Å². The molecule has 1 fully saturated rings. The average Bonchev–Trinajstić information content (AvgIpc) is 3.32. The predicted molar refractivity (Wildman–Crippen MR) is 123 cm³/mol. The predicted octanol–water partition coefficient (Wildman–Crippen LogP) is 2.81. The van der Waals surface area contributed by atoms with Crippen LogP contribution in [0.5, 0.6) is 0 Å². The maximum absolute atomic E-state index is 12.8. The minimum atomic E-state index is -3.50. The van der Waals surface area contributed by atoms with Gasteiger partial charge in [-0.1, -0.05) is 11.6 Å². The number of aryl methyl sites for hydroxylation is 1. The Labute approximate surface area is 194 Å². The van der Waals surface area contributed by atoms with Crippen LogP contribution in [-0.4, -0.2) is 54.4 Å². The van der Waals surface area contributed by atoms with Crippen molar-refractivity contribution in [1.82, 2.24) is 14.5 Å². The molecule has 172 valence electrons. The van der Waals surface area contributed by atoms with Crippen LogP contribution in [0.4, 0.5) is 21.9 Å². The number of hydrogen-bond donors (Lipinski definition) is 2. The van der Waals surface area contributed by atoms with Crippen molar-refractivity contribution < 1.29 is 22.7 Å². The van der Waals surface area contributed by atoms with Gasteiger partial charge in [0.05, 0.1) is 42.1 Å². The Morgan fingerprint density at radius 3 is 2.48 bits per heavy atom. The highest BCUT2D eigenvalue weighted by Crippen LogP contribution is 2.24. The summed E-state index contributed by atoms with van der Waals surface area (Å²) >= 11 is 6.05. The molecular weight excluding hydrogens is 472 g/mol. The van der Waals surface area contributed by atoms with Gasteiger partial charge >= 0.3 is 6.09 Å². The van der Waals surface area contributed by atoms with Crippen molar-refractivity contribution in [2.45, 2.75) is 6.92 Å². The molecule has 3 heterocycles. The number of nitrogens with zero attached hydrogens (tertiary/aromatic N) is 4. The lowest BCUT2D eigenvalue weighted by molar-refractivity contribution is 0.102. The van der Waals surface area contributed by atoms with E-state index in [1.807, 2.05) is 0 Å². The lowest BCUT2D eigenvalue weighted by Crippen LogP contribution is -2.23. The maximum atomic E-state index is 12.8. The fraction of sp³-hybridized carbons (Fsp3) is 0.200. The summed E-state index contributed by atoms with van der Waals surface area (Å²) in [6.07, 6.45) is 5.16. The number of sulfonamides is 1. The fourth-order valence-electron chi connectivity index (χ4n) is 3.26. The van der Waals surface area contributed by atoms with Gasteiger partial charge < -0.3 is 10.1 Å². The molecule has 2 aromatic heterocycles. The van der Waals surface area contributed by atoms with Crippen LogP contribution >= 0.6 is 11.6 Å². The quantitative estimate of drug-likeness (QED) is 0.542. The molecule has 3 aromatic rings. The molecule has 2 amide bonds. The summed E-state index contributed by atoms with van der Waals surface area (Å²) in [4.78, 5) is 34.5. The number of hydrogen-bond acceptors (Lipinski definition) is 7. The molecule has 33 heavy (non-hydrogen) atoms. The summed E-state index contributed by atoms with van der Waals surface area (Å²) in [6, 6.07) is 6.05. The summed E-state index contributed by atoms with van der Waals surface area (Å²) in [5.41, 5.74) is 2.11. The third-order valence-electron chi connectivity index (χ3n) is 4.65. The topological polar surface area (TPSA) is 136 Å². The Morgan fingerprint density at radius 1 is 1.15 bits per heavy atom. The van der Waals surface area contributed by atoms with Crippen molar-refractivity contribution in [1.29, 1.82) is 0 Å². The van der Waals surface area contributed by atoms with Gasteiger partial charge in [-0.15, -0.1) is 0 Å². The summed E-state index contributed by atoms with van der Waals surface area (Å²) < 4.78 is 31.8. The number of benzene rings is 1. The van der Waals surface area contributed by atoms with Gasteiger partial charge in [0, 0.05) is 22.6 Å². The molecule has 0 aliphatic carbocycles. The van der Waals surface area contributed by atoms with E-state index in [9.17, 15) is 18.0 Å². The summed E-state index contributed by atoms with van der Waals surface area (Å²) in [5, 5.41) is 2.95. The number of rotatable bonds is 6. The molecule has 0 spiro atoms. The number of anilines is 3. The molecular formula is C20H19ClN6O5S. The Balaban J connectivity index is 1.52. The first-order valence-corrected chi connectivity index (χ1v) is 11.9. The Hall–Kier alpha value is -3.64. The van der Waals surface area contributed by atoms with Crippen molar-refractivity contribution in [2.24, 2.45) is 0 Å². The molecule has 1 aromatic carbocycles. The number of nitrogens with one attached hydrogen (secondary N) is 2. The average molecular weight is 491 g/mol. The summed E-state index contributed by atoms with van der Waals surface area (Å²) in [6.45, 7) is 2.53. The van der Waals surface area contributed by atoms with Gasteiger partial charge in [-0.3, -0.25) is 19.0 Å². The third kappa shape index (κ3) is 5.23. The minimum Gasteiger partial charge on any atom is -0.447 e. The second-order valence-corrected chi connectivity index (χ2v) is 9.49. The summed E-state index contributed by atoms with van der Waals surface area (Å²) in [5.74, 6) is -0.105. The monoisotopic (exact) mass is 490 g/mol. The van der Waals surface area contributed by atoms with Crippen molar-refractivity contribution in [3.05, 3.63) is 59.1 Å². The number of carbonyl (C=O) groups excluding carboxylic acids is 2. The standard InChI is InChI=1S/C20H19ClN6O5S/c1-12-5-13(18(28)24-15-6-14(21)7-16(8-15)25-33(2,30)31)11-27(12)19-22-9-17(10-23-19)26-3-4-32-20(26)29/h5-11,25H,3-4H2,1-2H3,(H,24,28). The highest BCUT2D eigenvalue weighted by Gasteiger charge is 2.24. The van der Waals surface area contributed by atoms with E-state index in [-0.39, 0.29) is 10.7 Å². The van der Waals surface area contributed by atoms with E-state index in [0.717, 1.165) is 6.26 Å². The number of halogens is 1. The zero-order chi connectivity index (χ0) is 23.8.